The molecule has 0 aliphatic rings. The number of alkyl halides is 1. The summed E-state index contributed by atoms with van der Waals surface area (Å²) < 4.78 is 22.6. The zero-order chi connectivity index (χ0) is 10.5. The van der Waals surface area contributed by atoms with E-state index in [2.05, 4.69) is 0 Å². The molecule has 0 fully saturated rings. The van der Waals surface area contributed by atoms with Gasteiger partial charge in [-0.25, -0.2) is 8.42 Å². The Morgan fingerprint density at radius 1 is 1.23 bits per heavy atom. The first-order valence-electron chi connectivity index (χ1n) is 4.73. The first-order chi connectivity index (χ1) is 5.89. The summed E-state index contributed by atoms with van der Waals surface area (Å²) in [5.74, 6) is 0.850. The Labute approximate surface area is 86.6 Å². The molecule has 0 radical (unpaired) electrons. The maximum atomic E-state index is 11.3. The summed E-state index contributed by atoms with van der Waals surface area (Å²) in [6.45, 7) is 5.77. The minimum Gasteiger partial charge on any atom is -0.229 e. The van der Waals surface area contributed by atoms with Gasteiger partial charge in [0.2, 0.25) is 0 Å². The van der Waals surface area contributed by atoms with Crippen LogP contribution in [0.3, 0.4) is 0 Å². The van der Waals surface area contributed by atoms with Crippen LogP contribution in [0.5, 0.6) is 0 Å². The molecule has 0 N–H and O–H groups in total. The van der Waals surface area contributed by atoms with Gasteiger partial charge in [-0.05, 0) is 25.7 Å². The fourth-order valence-electron chi connectivity index (χ4n) is 1.01. The highest BCUT2D eigenvalue weighted by molar-refractivity contribution is 7.91. The Morgan fingerprint density at radius 2 is 1.77 bits per heavy atom. The zero-order valence-corrected chi connectivity index (χ0v) is 10.2. The Morgan fingerprint density at radius 3 is 2.15 bits per heavy atom. The van der Waals surface area contributed by atoms with Gasteiger partial charge in [0.15, 0.2) is 0 Å². The van der Waals surface area contributed by atoms with Crippen LogP contribution in [0, 0.1) is 5.92 Å². The summed E-state index contributed by atoms with van der Waals surface area (Å²) in [6.07, 6.45) is 1.38. The van der Waals surface area contributed by atoms with Crippen LogP contribution in [0.1, 0.15) is 33.6 Å². The third-order valence-corrected chi connectivity index (χ3v) is 4.50. The lowest BCUT2D eigenvalue weighted by Crippen LogP contribution is -2.16. The lowest BCUT2D eigenvalue weighted by Gasteiger charge is -2.13. The summed E-state index contributed by atoms with van der Waals surface area (Å²) in [4.78, 5) is 0. The lowest BCUT2D eigenvalue weighted by atomic mass is 10.1. The fourth-order valence-corrected chi connectivity index (χ4v) is 2.69. The van der Waals surface area contributed by atoms with Gasteiger partial charge in [0.25, 0.3) is 0 Å². The normalized spacial score (nSPS) is 16.9. The maximum absolute atomic E-state index is 11.3. The molecular weight excluding hydrogens is 208 g/mol. The van der Waals surface area contributed by atoms with Crippen molar-refractivity contribution in [3.05, 3.63) is 0 Å². The van der Waals surface area contributed by atoms with Gasteiger partial charge in [-0.1, -0.05) is 13.8 Å². The molecule has 2 unspecified atom stereocenters. The minimum absolute atomic E-state index is 0.0526. The third-order valence-electron chi connectivity index (χ3n) is 2.18. The van der Waals surface area contributed by atoms with E-state index in [1.54, 1.807) is 0 Å². The predicted octanol–water partition coefficient (Wildman–Crippen LogP) is 2.46. The van der Waals surface area contributed by atoms with Crippen molar-refractivity contribution in [1.29, 1.82) is 0 Å². The zero-order valence-electron chi connectivity index (χ0n) is 8.59. The number of hydrogen-bond acceptors (Lipinski definition) is 2. The highest BCUT2D eigenvalue weighted by atomic mass is 35.5. The second-order valence-electron chi connectivity index (χ2n) is 3.60. The molecule has 0 saturated heterocycles. The molecule has 13 heavy (non-hydrogen) atoms. The average molecular weight is 227 g/mol. The van der Waals surface area contributed by atoms with Crippen molar-refractivity contribution in [2.75, 3.05) is 11.5 Å². The summed E-state index contributed by atoms with van der Waals surface area (Å²) in [6, 6.07) is 0. The Kier molecular flexibility index (Phi) is 5.97. The van der Waals surface area contributed by atoms with E-state index < -0.39 is 9.84 Å². The molecule has 0 aromatic heterocycles. The quantitative estimate of drug-likeness (QED) is 0.652. The molecule has 0 saturated carbocycles. The second-order valence-corrected chi connectivity index (χ2v) is 6.59. The summed E-state index contributed by atoms with van der Waals surface area (Å²) in [5, 5.41) is 0.0526. The van der Waals surface area contributed by atoms with Crippen molar-refractivity contribution < 1.29 is 8.42 Å². The largest absolute Gasteiger partial charge is 0.229 e. The SMILES string of the molecule is CCCS(=O)(=O)CCC(C)C(C)Cl. The average Bonchev–Trinajstić information content (AvgIpc) is 2.00. The smallest absolute Gasteiger partial charge is 0.150 e. The van der Waals surface area contributed by atoms with Crippen molar-refractivity contribution >= 4 is 21.4 Å². The van der Waals surface area contributed by atoms with Crippen LogP contribution >= 0.6 is 11.6 Å². The molecule has 0 bridgehead atoms. The molecule has 0 aromatic carbocycles. The van der Waals surface area contributed by atoms with E-state index >= 15 is 0 Å². The summed E-state index contributed by atoms with van der Waals surface area (Å²) in [7, 11) is -2.82. The fraction of sp³-hybridized carbons (Fsp3) is 1.00. The van der Waals surface area contributed by atoms with Gasteiger partial charge < -0.3 is 0 Å². The molecular formula is C9H19ClO2S. The van der Waals surface area contributed by atoms with Gasteiger partial charge in [0, 0.05) is 11.1 Å². The van der Waals surface area contributed by atoms with Gasteiger partial charge in [0.1, 0.15) is 9.84 Å². The van der Waals surface area contributed by atoms with Crippen molar-refractivity contribution in [2.24, 2.45) is 5.92 Å². The third kappa shape index (κ3) is 6.33. The monoisotopic (exact) mass is 226 g/mol. The molecule has 0 amide bonds. The van der Waals surface area contributed by atoms with Crippen LogP contribution in [0.25, 0.3) is 0 Å². The van der Waals surface area contributed by atoms with E-state index in [0.717, 1.165) is 0 Å². The number of hydrogen-bond donors (Lipinski definition) is 0. The number of sulfone groups is 1. The summed E-state index contributed by atoms with van der Waals surface area (Å²) in [5.41, 5.74) is 0. The van der Waals surface area contributed by atoms with Crippen molar-refractivity contribution in [3.63, 3.8) is 0 Å². The minimum atomic E-state index is -2.82. The van der Waals surface area contributed by atoms with Gasteiger partial charge in [0.05, 0.1) is 5.75 Å². The van der Waals surface area contributed by atoms with E-state index in [1.807, 2.05) is 20.8 Å². The molecule has 0 spiro atoms. The van der Waals surface area contributed by atoms with Gasteiger partial charge in [-0.3, -0.25) is 0 Å². The highest BCUT2D eigenvalue weighted by Gasteiger charge is 2.14. The topological polar surface area (TPSA) is 34.1 Å². The van der Waals surface area contributed by atoms with Crippen molar-refractivity contribution in [2.45, 2.75) is 39.0 Å². The number of rotatable bonds is 6. The molecule has 0 rings (SSSR count). The lowest BCUT2D eigenvalue weighted by molar-refractivity contribution is 0.537. The van der Waals surface area contributed by atoms with E-state index in [4.69, 9.17) is 11.6 Å². The second kappa shape index (κ2) is 5.86. The van der Waals surface area contributed by atoms with Crippen LogP contribution in [-0.2, 0) is 9.84 Å². The van der Waals surface area contributed by atoms with Crippen LogP contribution in [-0.4, -0.2) is 25.3 Å². The van der Waals surface area contributed by atoms with Gasteiger partial charge >= 0.3 is 0 Å². The molecule has 2 atom stereocenters. The summed E-state index contributed by atoms with van der Waals surface area (Å²) >= 11 is 5.84. The van der Waals surface area contributed by atoms with E-state index in [0.29, 0.717) is 18.6 Å². The molecule has 0 heterocycles. The van der Waals surface area contributed by atoms with Gasteiger partial charge in [-0.15, -0.1) is 11.6 Å². The van der Waals surface area contributed by atoms with Gasteiger partial charge in [-0.2, -0.15) is 0 Å². The molecule has 2 nitrogen and oxygen atoms in total. The Hall–Kier alpha value is 0.240. The molecule has 4 heteroatoms. The van der Waals surface area contributed by atoms with Crippen molar-refractivity contribution in [3.8, 4) is 0 Å². The molecule has 0 aromatic rings. The molecule has 0 aliphatic heterocycles. The first kappa shape index (κ1) is 13.2. The maximum Gasteiger partial charge on any atom is 0.150 e. The van der Waals surface area contributed by atoms with E-state index in [1.165, 1.54) is 0 Å². The molecule has 0 aliphatic carbocycles. The standard InChI is InChI=1S/C9H19ClO2S/c1-4-6-13(11,12)7-5-8(2)9(3)10/h8-9H,4-7H2,1-3H3. The first-order valence-corrected chi connectivity index (χ1v) is 6.99. The van der Waals surface area contributed by atoms with E-state index in [9.17, 15) is 8.42 Å². The van der Waals surface area contributed by atoms with Crippen LogP contribution in [0.15, 0.2) is 0 Å². The van der Waals surface area contributed by atoms with E-state index in [-0.39, 0.29) is 17.0 Å². The predicted molar refractivity (Wildman–Crippen MR) is 58.0 cm³/mol. The number of halogens is 1. The van der Waals surface area contributed by atoms with Crippen LogP contribution < -0.4 is 0 Å². The van der Waals surface area contributed by atoms with Crippen LogP contribution in [0.2, 0.25) is 0 Å². The Bertz CT molecular complexity index is 222. The van der Waals surface area contributed by atoms with Crippen LogP contribution in [0.4, 0.5) is 0 Å². The molecule has 80 valence electrons. The Balaban J connectivity index is 3.88. The van der Waals surface area contributed by atoms with Crippen molar-refractivity contribution in [1.82, 2.24) is 0 Å². The highest BCUT2D eigenvalue weighted by Crippen LogP contribution is 2.14.